The number of thioether (sulfide) groups is 1. The maximum atomic E-state index is 3.97. The van der Waals surface area contributed by atoms with Gasteiger partial charge >= 0.3 is 5.16 Å². The predicted octanol–water partition coefficient (Wildman–Crippen LogP) is 1.56. The second-order valence-corrected chi connectivity index (χ2v) is 4.32. The molecule has 0 aliphatic rings. The van der Waals surface area contributed by atoms with Crippen molar-refractivity contribution in [3.05, 3.63) is 42.0 Å². The van der Waals surface area contributed by atoms with Crippen molar-refractivity contribution >= 4 is 17.8 Å². The molecule has 1 heterocycles. The zero-order valence-corrected chi connectivity index (χ0v) is 9.87. The Morgan fingerprint density at radius 1 is 1.44 bits per heavy atom. The number of aromatic amines is 1. The van der Waals surface area contributed by atoms with Crippen LogP contribution in [0.15, 0.2) is 36.0 Å². The second-order valence-electron chi connectivity index (χ2n) is 3.38. The van der Waals surface area contributed by atoms with Crippen molar-refractivity contribution < 1.29 is 4.68 Å². The minimum absolute atomic E-state index is 0.882. The fraction of sp³-hybridized carbons (Fsp3) is 0.182. The number of H-pyrrole nitrogens is 1. The number of hydrogen-bond donors (Lipinski definition) is 1. The molecule has 1 N–H and O–H groups in total. The van der Waals surface area contributed by atoms with E-state index in [1.54, 1.807) is 16.4 Å². The molecule has 2 rings (SSSR count). The van der Waals surface area contributed by atoms with Gasteiger partial charge in [0.1, 0.15) is 5.10 Å². The van der Waals surface area contributed by atoms with Gasteiger partial charge in [-0.2, -0.15) is 4.68 Å². The standard InChI is InChI=1S/C11H12N4S/c1-3-9-4-6-10(7-5-9)8-16-11-12-13-14-15(11)2/h3-7H,1,8H2,2H3/p+1. The van der Waals surface area contributed by atoms with Gasteiger partial charge in [-0.05, 0) is 22.9 Å². The smallest absolute Gasteiger partial charge is 0.156 e. The molecule has 0 aliphatic heterocycles. The molecule has 0 radical (unpaired) electrons. The van der Waals surface area contributed by atoms with E-state index < -0.39 is 0 Å². The van der Waals surface area contributed by atoms with Crippen LogP contribution in [0.2, 0.25) is 0 Å². The Morgan fingerprint density at radius 3 is 2.75 bits per heavy atom. The Bertz CT molecular complexity index is 475. The van der Waals surface area contributed by atoms with Crippen LogP contribution in [-0.4, -0.2) is 15.5 Å². The Kier molecular flexibility index (Phi) is 3.36. The number of tetrazole rings is 1. The summed E-state index contributed by atoms with van der Waals surface area (Å²) in [5.41, 5.74) is 2.40. The van der Waals surface area contributed by atoms with Gasteiger partial charge < -0.3 is 0 Å². The zero-order chi connectivity index (χ0) is 11.4. The van der Waals surface area contributed by atoms with E-state index in [0.717, 1.165) is 16.5 Å². The van der Waals surface area contributed by atoms with Crippen LogP contribution in [0.5, 0.6) is 0 Å². The highest BCUT2D eigenvalue weighted by Crippen LogP contribution is 2.17. The van der Waals surface area contributed by atoms with Gasteiger partial charge in [0.15, 0.2) is 5.21 Å². The van der Waals surface area contributed by atoms with E-state index in [-0.39, 0.29) is 0 Å². The van der Waals surface area contributed by atoms with E-state index in [2.05, 4.69) is 46.4 Å². The maximum absolute atomic E-state index is 3.97. The molecular weight excluding hydrogens is 220 g/mol. The molecule has 0 saturated carbocycles. The van der Waals surface area contributed by atoms with Crippen molar-refractivity contribution in [2.24, 2.45) is 7.05 Å². The first kappa shape index (κ1) is 10.9. The van der Waals surface area contributed by atoms with Crippen LogP contribution >= 0.6 is 11.8 Å². The van der Waals surface area contributed by atoms with Gasteiger partial charge in [-0.15, -0.1) is 0 Å². The van der Waals surface area contributed by atoms with Gasteiger partial charge in [-0.3, -0.25) is 0 Å². The van der Waals surface area contributed by atoms with Crippen molar-refractivity contribution in [1.82, 2.24) is 15.5 Å². The lowest BCUT2D eigenvalue weighted by Crippen LogP contribution is -2.32. The van der Waals surface area contributed by atoms with Crippen molar-refractivity contribution in [1.29, 1.82) is 0 Å². The number of rotatable bonds is 4. The Hall–Kier alpha value is -1.62. The lowest BCUT2D eigenvalue weighted by atomic mass is 10.1. The molecule has 82 valence electrons. The first-order valence-corrected chi connectivity index (χ1v) is 5.89. The van der Waals surface area contributed by atoms with E-state index in [1.807, 2.05) is 13.1 Å². The minimum Gasteiger partial charge on any atom is -0.156 e. The highest BCUT2D eigenvalue weighted by molar-refractivity contribution is 7.98. The Labute approximate surface area is 98.4 Å². The molecule has 0 spiro atoms. The van der Waals surface area contributed by atoms with Gasteiger partial charge in [0, 0.05) is 5.75 Å². The molecule has 16 heavy (non-hydrogen) atoms. The summed E-state index contributed by atoms with van der Waals surface area (Å²) in [6.07, 6.45) is 1.84. The summed E-state index contributed by atoms with van der Waals surface area (Å²) in [5.74, 6) is 0.887. The molecule has 5 heteroatoms. The van der Waals surface area contributed by atoms with Crippen molar-refractivity contribution in [3.8, 4) is 0 Å². The fourth-order valence-electron chi connectivity index (χ4n) is 1.27. The molecule has 0 aliphatic carbocycles. The normalized spacial score (nSPS) is 10.3. The summed E-state index contributed by atoms with van der Waals surface area (Å²) < 4.78 is 1.79. The van der Waals surface area contributed by atoms with Crippen LogP contribution in [0.25, 0.3) is 6.08 Å². The van der Waals surface area contributed by atoms with Crippen molar-refractivity contribution in [2.45, 2.75) is 10.9 Å². The third-order valence-corrected chi connectivity index (χ3v) is 3.29. The first-order chi connectivity index (χ1) is 7.79. The summed E-state index contributed by atoms with van der Waals surface area (Å²) in [6, 6.07) is 8.32. The average Bonchev–Trinajstić information content (AvgIpc) is 2.73. The van der Waals surface area contributed by atoms with Gasteiger partial charge in [0.25, 0.3) is 0 Å². The minimum atomic E-state index is 0.882. The molecule has 0 amide bonds. The number of hydrogen-bond acceptors (Lipinski definition) is 3. The molecule has 1 aromatic heterocycles. The van der Waals surface area contributed by atoms with Gasteiger partial charge in [-0.1, -0.05) is 42.1 Å². The highest BCUT2D eigenvalue weighted by atomic mass is 32.2. The number of nitrogens with one attached hydrogen (secondary N) is 1. The van der Waals surface area contributed by atoms with E-state index in [0.29, 0.717) is 0 Å². The molecular formula is C11H13N4S+. The second kappa shape index (κ2) is 4.94. The number of aromatic nitrogens is 4. The third kappa shape index (κ3) is 2.49. The Morgan fingerprint density at radius 2 is 2.19 bits per heavy atom. The SMILES string of the molecule is C=Cc1ccc(CSc2nn[nH][n+]2C)cc1. The largest absolute Gasteiger partial charge is 0.359 e. The van der Waals surface area contributed by atoms with Gasteiger partial charge in [0.05, 0.1) is 7.05 Å². The summed E-state index contributed by atoms with van der Waals surface area (Å²) in [5, 5.41) is 11.3. The summed E-state index contributed by atoms with van der Waals surface area (Å²) >= 11 is 1.65. The van der Waals surface area contributed by atoms with E-state index >= 15 is 0 Å². The van der Waals surface area contributed by atoms with Crippen LogP contribution < -0.4 is 4.68 Å². The van der Waals surface area contributed by atoms with E-state index in [4.69, 9.17) is 0 Å². The topological polar surface area (TPSA) is 45.5 Å². The van der Waals surface area contributed by atoms with Crippen molar-refractivity contribution in [2.75, 3.05) is 0 Å². The monoisotopic (exact) mass is 233 g/mol. The summed E-state index contributed by atoms with van der Waals surface area (Å²) in [7, 11) is 1.89. The molecule has 2 aromatic rings. The molecule has 0 atom stereocenters. The van der Waals surface area contributed by atoms with E-state index in [9.17, 15) is 0 Å². The van der Waals surface area contributed by atoms with Gasteiger partial charge in [0.2, 0.25) is 0 Å². The van der Waals surface area contributed by atoms with E-state index in [1.165, 1.54) is 5.56 Å². The fourth-order valence-corrected chi connectivity index (χ4v) is 2.09. The van der Waals surface area contributed by atoms with Gasteiger partial charge in [-0.25, -0.2) is 0 Å². The maximum Gasteiger partial charge on any atom is 0.359 e. The summed E-state index contributed by atoms with van der Waals surface area (Å²) in [4.78, 5) is 0. The van der Waals surface area contributed by atoms with Crippen LogP contribution in [0.4, 0.5) is 0 Å². The predicted molar refractivity (Wildman–Crippen MR) is 63.7 cm³/mol. The lowest BCUT2D eigenvalue weighted by Gasteiger charge is -1.98. The zero-order valence-electron chi connectivity index (χ0n) is 9.05. The number of aryl methyl sites for hydroxylation is 1. The Balaban J connectivity index is 1.99. The highest BCUT2D eigenvalue weighted by Gasteiger charge is 2.10. The third-order valence-electron chi connectivity index (χ3n) is 2.20. The molecule has 4 nitrogen and oxygen atoms in total. The van der Waals surface area contributed by atoms with Crippen molar-refractivity contribution in [3.63, 3.8) is 0 Å². The molecule has 0 fully saturated rings. The lowest BCUT2D eigenvalue weighted by molar-refractivity contribution is -0.765. The quantitative estimate of drug-likeness (QED) is 0.644. The van der Waals surface area contributed by atoms with Crippen LogP contribution in [-0.2, 0) is 12.8 Å². The summed E-state index contributed by atoms with van der Waals surface area (Å²) in [6.45, 7) is 3.73. The van der Waals surface area contributed by atoms with Crippen LogP contribution in [0.1, 0.15) is 11.1 Å². The molecule has 0 unspecified atom stereocenters. The number of benzene rings is 1. The molecule has 0 bridgehead atoms. The molecule has 1 aromatic carbocycles. The van der Waals surface area contributed by atoms with Crippen LogP contribution in [0, 0.1) is 0 Å². The average molecular weight is 233 g/mol. The van der Waals surface area contributed by atoms with Crippen LogP contribution in [0.3, 0.4) is 0 Å². The first-order valence-electron chi connectivity index (χ1n) is 4.91. The number of nitrogens with zero attached hydrogens (tertiary/aromatic N) is 3. The molecule has 0 saturated heterocycles.